The van der Waals surface area contributed by atoms with E-state index >= 15 is 0 Å². The van der Waals surface area contributed by atoms with Crippen LogP contribution in [0.15, 0.2) is 29.6 Å². The summed E-state index contributed by atoms with van der Waals surface area (Å²) in [5.74, 6) is 0.990. The maximum Gasteiger partial charge on any atom is 0.124 e. The van der Waals surface area contributed by atoms with Crippen LogP contribution in [-0.2, 0) is 0 Å². The molecule has 2 rings (SSSR count). The fourth-order valence-corrected chi connectivity index (χ4v) is 3.51. The van der Waals surface area contributed by atoms with Gasteiger partial charge in [0, 0.05) is 10.4 Å². The van der Waals surface area contributed by atoms with E-state index in [1.54, 1.807) is 0 Å². The third-order valence-electron chi connectivity index (χ3n) is 3.54. The van der Waals surface area contributed by atoms with Gasteiger partial charge in [-0.05, 0) is 56.8 Å². The van der Waals surface area contributed by atoms with E-state index in [1.807, 2.05) is 18.3 Å². The first kappa shape index (κ1) is 16.1. The van der Waals surface area contributed by atoms with Gasteiger partial charge in [-0.2, -0.15) is 0 Å². The molecule has 0 bridgehead atoms. The monoisotopic (exact) mass is 303 g/mol. The lowest BCUT2D eigenvalue weighted by atomic mass is 9.99. The normalized spacial score (nSPS) is 12.4. The maximum atomic E-state index is 5.86. The van der Waals surface area contributed by atoms with Crippen LogP contribution >= 0.6 is 11.3 Å². The molecule has 114 valence electrons. The fraction of sp³-hybridized carbons (Fsp3) is 0.444. The van der Waals surface area contributed by atoms with Crippen molar-refractivity contribution in [3.63, 3.8) is 0 Å². The summed E-state index contributed by atoms with van der Waals surface area (Å²) in [6.07, 6.45) is 1.12. The van der Waals surface area contributed by atoms with Crippen molar-refractivity contribution in [2.24, 2.45) is 0 Å². The van der Waals surface area contributed by atoms with Crippen LogP contribution in [0.1, 0.15) is 47.9 Å². The Labute approximate surface area is 132 Å². The van der Waals surface area contributed by atoms with E-state index in [0.717, 1.165) is 18.7 Å². The second-order valence-electron chi connectivity index (χ2n) is 5.33. The zero-order chi connectivity index (χ0) is 15.2. The third kappa shape index (κ3) is 3.86. The highest BCUT2D eigenvalue weighted by Gasteiger charge is 2.20. The van der Waals surface area contributed by atoms with E-state index < -0.39 is 0 Å². The quantitative estimate of drug-likeness (QED) is 0.789. The van der Waals surface area contributed by atoms with Gasteiger partial charge in [0.05, 0.1) is 12.6 Å². The molecule has 1 heterocycles. The van der Waals surface area contributed by atoms with E-state index in [9.17, 15) is 0 Å². The lowest BCUT2D eigenvalue weighted by Gasteiger charge is -2.22. The van der Waals surface area contributed by atoms with Crippen LogP contribution in [0.5, 0.6) is 5.75 Å². The van der Waals surface area contributed by atoms with Gasteiger partial charge in [0.15, 0.2) is 0 Å². The molecule has 0 aliphatic carbocycles. The zero-order valence-corrected chi connectivity index (χ0v) is 14.2. The van der Waals surface area contributed by atoms with Gasteiger partial charge in [0.25, 0.3) is 0 Å². The van der Waals surface area contributed by atoms with Gasteiger partial charge >= 0.3 is 0 Å². The Morgan fingerprint density at radius 1 is 1.19 bits per heavy atom. The molecule has 0 saturated heterocycles. The van der Waals surface area contributed by atoms with Crippen LogP contribution in [0.2, 0.25) is 0 Å². The zero-order valence-electron chi connectivity index (χ0n) is 13.4. The molecule has 1 aromatic carbocycles. The summed E-state index contributed by atoms with van der Waals surface area (Å²) < 4.78 is 5.86. The number of hydrogen-bond acceptors (Lipinski definition) is 3. The Bertz CT molecular complexity index is 576. The van der Waals surface area contributed by atoms with Crippen molar-refractivity contribution in [2.75, 3.05) is 13.2 Å². The van der Waals surface area contributed by atoms with Crippen LogP contribution in [0.3, 0.4) is 0 Å². The molecule has 21 heavy (non-hydrogen) atoms. The highest BCUT2D eigenvalue weighted by atomic mass is 32.1. The highest BCUT2D eigenvalue weighted by Crippen LogP contribution is 2.35. The average Bonchev–Trinajstić information content (AvgIpc) is 2.88. The molecule has 1 atom stereocenters. The fourth-order valence-electron chi connectivity index (χ4n) is 2.49. The van der Waals surface area contributed by atoms with E-state index in [4.69, 9.17) is 4.74 Å². The molecule has 0 aliphatic heterocycles. The summed E-state index contributed by atoms with van der Waals surface area (Å²) in [7, 11) is 0. The standard InChI is InChI=1S/C18H25NOS/c1-5-10-19-17(18-14(4)9-11-21-18)15-12-13(3)7-8-16(15)20-6-2/h7-9,11-12,17,19H,5-6,10H2,1-4H3. The summed E-state index contributed by atoms with van der Waals surface area (Å²) in [6.45, 7) is 10.3. The molecule has 3 heteroatoms. The number of aryl methyl sites for hydroxylation is 2. The molecule has 0 aliphatic rings. The molecule has 0 radical (unpaired) electrons. The number of ether oxygens (including phenoxy) is 1. The summed E-state index contributed by atoms with van der Waals surface area (Å²) >= 11 is 1.82. The Hall–Kier alpha value is -1.32. The average molecular weight is 303 g/mol. The van der Waals surface area contributed by atoms with Crippen molar-refractivity contribution in [3.8, 4) is 5.75 Å². The van der Waals surface area contributed by atoms with Crippen molar-refractivity contribution in [1.82, 2.24) is 5.32 Å². The predicted molar refractivity (Wildman–Crippen MR) is 91.5 cm³/mol. The van der Waals surface area contributed by atoms with E-state index in [2.05, 4.69) is 55.7 Å². The summed E-state index contributed by atoms with van der Waals surface area (Å²) in [5.41, 5.74) is 3.86. The molecule has 1 unspecified atom stereocenters. The Morgan fingerprint density at radius 3 is 2.62 bits per heavy atom. The molecule has 2 nitrogen and oxygen atoms in total. The smallest absolute Gasteiger partial charge is 0.124 e. The molecule has 0 amide bonds. The van der Waals surface area contributed by atoms with Crippen LogP contribution in [0.4, 0.5) is 0 Å². The van der Waals surface area contributed by atoms with Crippen molar-refractivity contribution in [3.05, 3.63) is 51.2 Å². The summed E-state index contributed by atoms with van der Waals surface area (Å²) in [4.78, 5) is 1.38. The molecule has 0 fully saturated rings. The van der Waals surface area contributed by atoms with Gasteiger partial charge in [0.2, 0.25) is 0 Å². The van der Waals surface area contributed by atoms with E-state index in [-0.39, 0.29) is 6.04 Å². The Kier molecular flexibility index (Phi) is 5.83. The van der Waals surface area contributed by atoms with Gasteiger partial charge < -0.3 is 10.1 Å². The number of benzene rings is 1. The lowest BCUT2D eigenvalue weighted by Crippen LogP contribution is -2.23. The first-order valence-electron chi connectivity index (χ1n) is 7.68. The van der Waals surface area contributed by atoms with Gasteiger partial charge in [-0.15, -0.1) is 11.3 Å². The minimum absolute atomic E-state index is 0.214. The van der Waals surface area contributed by atoms with Crippen molar-refractivity contribution in [1.29, 1.82) is 0 Å². The first-order chi connectivity index (χ1) is 10.2. The van der Waals surface area contributed by atoms with Crippen LogP contribution in [0, 0.1) is 13.8 Å². The van der Waals surface area contributed by atoms with Crippen molar-refractivity contribution >= 4 is 11.3 Å². The molecular weight excluding hydrogens is 278 g/mol. The summed E-state index contributed by atoms with van der Waals surface area (Å²) in [5, 5.41) is 5.85. The molecular formula is C18H25NOS. The maximum absolute atomic E-state index is 5.86. The van der Waals surface area contributed by atoms with Crippen LogP contribution in [0.25, 0.3) is 0 Å². The minimum Gasteiger partial charge on any atom is -0.494 e. The first-order valence-corrected chi connectivity index (χ1v) is 8.56. The topological polar surface area (TPSA) is 21.3 Å². The number of thiophene rings is 1. The van der Waals surface area contributed by atoms with E-state index in [1.165, 1.54) is 21.6 Å². The van der Waals surface area contributed by atoms with Gasteiger partial charge in [-0.1, -0.05) is 24.6 Å². The number of hydrogen-bond donors (Lipinski definition) is 1. The Morgan fingerprint density at radius 2 is 2.00 bits per heavy atom. The number of rotatable bonds is 7. The molecule has 0 spiro atoms. The summed E-state index contributed by atoms with van der Waals surface area (Å²) in [6, 6.07) is 8.87. The van der Waals surface area contributed by atoms with Gasteiger partial charge in [-0.3, -0.25) is 0 Å². The predicted octanol–water partition coefficient (Wildman–Crippen LogP) is 4.85. The molecule has 1 aromatic heterocycles. The van der Waals surface area contributed by atoms with E-state index in [0.29, 0.717) is 6.61 Å². The molecule has 1 N–H and O–H groups in total. The largest absolute Gasteiger partial charge is 0.494 e. The minimum atomic E-state index is 0.214. The lowest BCUT2D eigenvalue weighted by molar-refractivity contribution is 0.333. The molecule has 2 aromatic rings. The third-order valence-corrected chi connectivity index (χ3v) is 4.62. The number of nitrogens with one attached hydrogen (secondary N) is 1. The van der Waals surface area contributed by atoms with Crippen molar-refractivity contribution < 1.29 is 4.74 Å². The van der Waals surface area contributed by atoms with Crippen LogP contribution in [-0.4, -0.2) is 13.2 Å². The van der Waals surface area contributed by atoms with Gasteiger partial charge in [0.1, 0.15) is 5.75 Å². The van der Waals surface area contributed by atoms with Crippen molar-refractivity contribution in [2.45, 2.75) is 40.2 Å². The highest BCUT2D eigenvalue weighted by molar-refractivity contribution is 7.10. The SMILES string of the molecule is CCCNC(c1cc(C)ccc1OCC)c1sccc1C. The van der Waals surface area contributed by atoms with Crippen LogP contribution < -0.4 is 10.1 Å². The van der Waals surface area contributed by atoms with Gasteiger partial charge in [-0.25, -0.2) is 0 Å². The second-order valence-corrected chi connectivity index (χ2v) is 6.28. The second kappa shape index (κ2) is 7.62. The Balaban J connectivity index is 2.45. The molecule has 0 saturated carbocycles.